The van der Waals surface area contributed by atoms with Crippen molar-refractivity contribution in [3.63, 3.8) is 0 Å². The first kappa shape index (κ1) is 20.6. The zero-order valence-electron chi connectivity index (χ0n) is 16.5. The Balaban J connectivity index is 1.96. The number of rotatable bonds is 2. The lowest BCUT2D eigenvalue weighted by molar-refractivity contribution is -0.137. The first-order valence-corrected chi connectivity index (χ1v) is 9.37. The molecule has 0 radical (unpaired) electrons. The van der Waals surface area contributed by atoms with Gasteiger partial charge in [0.25, 0.3) is 5.91 Å². The number of nitrogens with zero attached hydrogens (tertiary/aromatic N) is 2. The third-order valence-corrected chi connectivity index (χ3v) is 5.25. The van der Waals surface area contributed by atoms with Crippen LogP contribution in [0.25, 0.3) is 0 Å². The summed E-state index contributed by atoms with van der Waals surface area (Å²) in [7, 11) is 0. The maximum absolute atomic E-state index is 13.7. The maximum atomic E-state index is 13.7. The number of alkyl halides is 3. The van der Waals surface area contributed by atoms with Gasteiger partial charge in [-0.1, -0.05) is 0 Å². The number of fused-ring (bicyclic) bond motifs is 1. The zero-order chi connectivity index (χ0) is 22.5. The van der Waals surface area contributed by atoms with Gasteiger partial charge in [0, 0.05) is 18.0 Å². The number of halogens is 4. The van der Waals surface area contributed by atoms with Gasteiger partial charge in [-0.25, -0.2) is 4.39 Å². The van der Waals surface area contributed by atoms with E-state index in [1.54, 1.807) is 18.7 Å². The van der Waals surface area contributed by atoms with Crippen LogP contribution in [-0.4, -0.2) is 17.1 Å². The van der Waals surface area contributed by atoms with Gasteiger partial charge in [-0.05, 0) is 61.9 Å². The van der Waals surface area contributed by atoms with Gasteiger partial charge in [0.05, 0.1) is 22.5 Å². The first-order valence-electron chi connectivity index (χ1n) is 9.37. The molecule has 5 nitrogen and oxygen atoms in total. The summed E-state index contributed by atoms with van der Waals surface area (Å²) in [4.78, 5) is 30.1. The lowest BCUT2D eigenvalue weighted by Crippen LogP contribution is -2.52. The number of carbonyl (C=O) groups excluding carboxylic acids is 1. The Kier molecular flexibility index (Phi) is 4.83. The predicted octanol–water partition coefficient (Wildman–Crippen LogP) is 4.99. The molecule has 9 heteroatoms. The molecule has 2 aromatic carbocycles. The van der Waals surface area contributed by atoms with Crippen molar-refractivity contribution in [1.82, 2.24) is 4.98 Å². The number of carbonyl (C=O) groups is 1. The standard InChI is InChI=1S/C22H17F4N3O2/c1-12-9-15(23)4-7-18(12)29-13(2)28(16-5-8-20(30)27-11-16)21(31)17-6-3-14(10-19(17)29)22(24,25)26/h3-11,13H,1-2H3,(H,27,30). The van der Waals surface area contributed by atoms with Gasteiger partial charge in [-0.2, -0.15) is 13.2 Å². The Morgan fingerprint density at radius 2 is 1.68 bits per heavy atom. The van der Waals surface area contributed by atoms with E-state index in [0.29, 0.717) is 16.9 Å². The SMILES string of the molecule is Cc1cc(F)ccc1N1c2cc(C(F)(F)F)ccc2C(=O)N(c2ccc(=O)[nH]c2)C1C. The van der Waals surface area contributed by atoms with Gasteiger partial charge >= 0.3 is 6.18 Å². The number of nitrogens with one attached hydrogen (secondary N) is 1. The molecule has 0 saturated carbocycles. The minimum Gasteiger partial charge on any atom is -0.327 e. The molecule has 1 atom stereocenters. The number of amides is 1. The average Bonchev–Trinajstić information content (AvgIpc) is 2.70. The highest BCUT2D eigenvalue weighted by atomic mass is 19.4. The molecule has 0 bridgehead atoms. The number of anilines is 3. The molecule has 3 aromatic rings. The molecule has 1 unspecified atom stereocenters. The van der Waals surface area contributed by atoms with Crippen molar-refractivity contribution in [3.05, 3.63) is 87.6 Å². The summed E-state index contributed by atoms with van der Waals surface area (Å²) in [5, 5.41) is 0. The van der Waals surface area contributed by atoms with E-state index in [0.717, 1.165) is 18.2 Å². The molecular weight excluding hydrogens is 414 g/mol. The fourth-order valence-electron chi connectivity index (χ4n) is 3.81. The van der Waals surface area contributed by atoms with Crippen molar-refractivity contribution in [3.8, 4) is 0 Å². The number of H-pyrrole nitrogens is 1. The van der Waals surface area contributed by atoms with Gasteiger partial charge in [0.2, 0.25) is 5.56 Å². The number of aromatic nitrogens is 1. The normalized spacial score (nSPS) is 16.5. The fourth-order valence-corrected chi connectivity index (χ4v) is 3.81. The van der Waals surface area contributed by atoms with Crippen LogP contribution < -0.4 is 15.4 Å². The molecule has 0 spiro atoms. The van der Waals surface area contributed by atoms with Crippen LogP contribution in [-0.2, 0) is 6.18 Å². The van der Waals surface area contributed by atoms with E-state index >= 15 is 0 Å². The average molecular weight is 431 g/mol. The second-order valence-electron chi connectivity index (χ2n) is 7.25. The Labute approximate surface area is 174 Å². The Hall–Kier alpha value is -3.62. The molecule has 31 heavy (non-hydrogen) atoms. The molecule has 0 aliphatic carbocycles. The summed E-state index contributed by atoms with van der Waals surface area (Å²) >= 11 is 0. The zero-order valence-corrected chi connectivity index (χ0v) is 16.5. The molecular formula is C22H17F4N3O2. The highest BCUT2D eigenvalue weighted by Crippen LogP contribution is 2.42. The lowest BCUT2D eigenvalue weighted by Gasteiger charge is -2.44. The van der Waals surface area contributed by atoms with E-state index in [2.05, 4.69) is 4.98 Å². The predicted molar refractivity (Wildman–Crippen MR) is 108 cm³/mol. The molecule has 1 amide bonds. The van der Waals surface area contributed by atoms with Crippen LogP contribution in [0.3, 0.4) is 0 Å². The van der Waals surface area contributed by atoms with Crippen molar-refractivity contribution < 1.29 is 22.4 Å². The molecule has 0 fully saturated rings. The summed E-state index contributed by atoms with van der Waals surface area (Å²) in [5.41, 5.74) is 0.189. The summed E-state index contributed by atoms with van der Waals surface area (Å²) in [6.45, 7) is 3.29. The van der Waals surface area contributed by atoms with E-state index in [1.807, 2.05) is 0 Å². The van der Waals surface area contributed by atoms with Crippen LogP contribution in [0.5, 0.6) is 0 Å². The largest absolute Gasteiger partial charge is 0.416 e. The number of hydrogen-bond donors (Lipinski definition) is 1. The van der Waals surface area contributed by atoms with Gasteiger partial charge in [0.1, 0.15) is 12.0 Å². The summed E-state index contributed by atoms with van der Waals surface area (Å²) in [6.07, 6.45) is -4.00. The number of aromatic amines is 1. The molecule has 1 aromatic heterocycles. The quantitative estimate of drug-likeness (QED) is 0.582. The van der Waals surface area contributed by atoms with Crippen molar-refractivity contribution in [1.29, 1.82) is 0 Å². The monoisotopic (exact) mass is 431 g/mol. The van der Waals surface area contributed by atoms with Gasteiger partial charge in [-0.15, -0.1) is 0 Å². The highest BCUT2D eigenvalue weighted by Gasteiger charge is 2.40. The van der Waals surface area contributed by atoms with Gasteiger partial charge in [-0.3, -0.25) is 14.5 Å². The van der Waals surface area contributed by atoms with E-state index in [9.17, 15) is 27.2 Å². The number of aryl methyl sites for hydroxylation is 1. The molecule has 2 heterocycles. The summed E-state index contributed by atoms with van der Waals surface area (Å²) in [5.74, 6) is -0.997. The second-order valence-corrected chi connectivity index (χ2v) is 7.25. The lowest BCUT2D eigenvalue weighted by atomic mass is 10.00. The van der Waals surface area contributed by atoms with Crippen LogP contribution >= 0.6 is 0 Å². The van der Waals surface area contributed by atoms with Crippen molar-refractivity contribution in [2.75, 3.05) is 9.80 Å². The van der Waals surface area contributed by atoms with Gasteiger partial charge < -0.3 is 9.88 Å². The van der Waals surface area contributed by atoms with Crippen LogP contribution in [0.1, 0.15) is 28.4 Å². The summed E-state index contributed by atoms with van der Waals surface area (Å²) in [6, 6.07) is 9.58. The van der Waals surface area contributed by atoms with Crippen LogP contribution in [0, 0.1) is 12.7 Å². The smallest absolute Gasteiger partial charge is 0.327 e. The van der Waals surface area contributed by atoms with Crippen LogP contribution in [0.2, 0.25) is 0 Å². The Morgan fingerprint density at radius 3 is 2.29 bits per heavy atom. The van der Waals surface area contributed by atoms with E-state index in [4.69, 9.17) is 0 Å². The third-order valence-electron chi connectivity index (χ3n) is 5.25. The molecule has 1 aliphatic heterocycles. The minimum absolute atomic E-state index is 0.0565. The Bertz CT molecular complexity index is 1220. The molecule has 4 rings (SSSR count). The van der Waals surface area contributed by atoms with E-state index in [-0.39, 0.29) is 16.8 Å². The highest BCUT2D eigenvalue weighted by molar-refractivity contribution is 6.13. The third kappa shape index (κ3) is 3.56. The number of hydrogen-bond acceptors (Lipinski definition) is 3. The molecule has 1 N–H and O–H groups in total. The topological polar surface area (TPSA) is 56.4 Å². The second kappa shape index (κ2) is 7.26. The Morgan fingerprint density at radius 1 is 0.935 bits per heavy atom. The maximum Gasteiger partial charge on any atom is 0.416 e. The first-order chi connectivity index (χ1) is 14.6. The minimum atomic E-state index is -4.60. The summed E-state index contributed by atoms with van der Waals surface area (Å²) < 4.78 is 53.9. The van der Waals surface area contributed by atoms with Crippen LogP contribution in [0.4, 0.5) is 34.6 Å². The van der Waals surface area contributed by atoms with Gasteiger partial charge in [0.15, 0.2) is 0 Å². The molecule has 1 aliphatic rings. The number of benzene rings is 2. The van der Waals surface area contributed by atoms with Crippen molar-refractivity contribution >= 4 is 23.0 Å². The molecule has 0 saturated heterocycles. The molecule has 160 valence electrons. The van der Waals surface area contributed by atoms with Crippen LogP contribution in [0.15, 0.2) is 59.5 Å². The van der Waals surface area contributed by atoms with E-state index < -0.39 is 29.6 Å². The number of pyridine rings is 1. The van der Waals surface area contributed by atoms with E-state index in [1.165, 1.54) is 41.4 Å². The van der Waals surface area contributed by atoms with Crippen molar-refractivity contribution in [2.24, 2.45) is 0 Å². The van der Waals surface area contributed by atoms with Crippen molar-refractivity contribution in [2.45, 2.75) is 26.2 Å². The fraction of sp³-hybridized carbons (Fsp3) is 0.182.